The minimum atomic E-state index is -4.51. The first-order chi connectivity index (χ1) is 9.50. The zero-order chi connectivity index (χ0) is 14.6. The number of ether oxygens (including phenoxy) is 1. The molecule has 0 fully saturated rings. The van der Waals surface area contributed by atoms with Crippen molar-refractivity contribution in [2.24, 2.45) is 5.73 Å². The summed E-state index contributed by atoms with van der Waals surface area (Å²) in [5.41, 5.74) is 5.61. The summed E-state index contributed by atoms with van der Waals surface area (Å²) in [6.07, 6.45) is -1.35. The summed E-state index contributed by atoms with van der Waals surface area (Å²) in [6.45, 7) is 0.128. The number of rotatable bonds is 4. The molecule has 0 saturated heterocycles. The summed E-state index contributed by atoms with van der Waals surface area (Å²) in [5.74, 6) is -0.105. The molecule has 0 saturated carbocycles. The Morgan fingerprint density at radius 2 is 2.00 bits per heavy atom. The summed E-state index contributed by atoms with van der Waals surface area (Å²) in [7, 11) is 0. The predicted octanol–water partition coefficient (Wildman–Crippen LogP) is 2.53. The highest BCUT2D eigenvalue weighted by Gasteiger charge is 2.33. The normalized spacial score (nSPS) is 11.4. The van der Waals surface area contributed by atoms with Gasteiger partial charge in [0.1, 0.15) is 12.3 Å². The van der Waals surface area contributed by atoms with E-state index in [1.165, 1.54) is 6.07 Å². The van der Waals surface area contributed by atoms with Gasteiger partial charge >= 0.3 is 6.18 Å². The van der Waals surface area contributed by atoms with E-state index in [0.717, 1.165) is 11.6 Å². The van der Waals surface area contributed by atoms with Gasteiger partial charge in [0.25, 0.3) is 0 Å². The molecular formula is C13H12F3N3O. The van der Waals surface area contributed by atoms with Gasteiger partial charge in [0, 0.05) is 30.1 Å². The fourth-order valence-electron chi connectivity index (χ4n) is 1.54. The molecule has 2 aromatic rings. The van der Waals surface area contributed by atoms with Gasteiger partial charge in [-0.2, -0.15) is 13.2 Å². The zero-order valence-electron chi connectivity index (χ0n) is 10.4. The van der Waals surface area contributed by atoms with Crippen molar-refractivity contribution in [2.45, 2.75) is 19.3 Å². The Hall–Kier alpha value is -2.15. The van der Waals surface area contributed by atoms with E-state index in [2.05, 4.69) is 9.97 Å². The van der Waals surface area contributed by atoms with Crippen LogP contribution in [0.25, 0.3) is 0 Å². The second kappa shape index (κ2) is 5.87. The van der Waals surface area contributed by atoms with Crippen molar-refractivity contribution < 1.29 is 17.9 Å². The van der Waals surface area contributed by atoms with Gasteiger partial charge in [-0.25, -0.2) is 4.98 Å². The Balaban J connectivity index is 2.21. The minimum absolute atomic E-state index is 0.0491. The fraction of sp³-hybridized carbons (Fsp3) is 0.231. The molecule has 0 aliphatic rings. The number of halogens is 3. The smallest absolute Gasteiger partial charge is 0.433 e. The zero-order valence-corrected chi connectivity index (χ0v) is 10.4. The second-order valence-electron chi connectivity index (χ2n) is 4.01. The van der Waals surface area contributed by atoms with E-state index in [1.54, 1.807) is 24.5 Å². The molecule has 0 amide bonds. The Morgan fingerprint density at radius 3 is 2.60 bits per heavy atom. The minimum Gasteiger partial charge on any atom is -0.472 e. The third-order valence-electron chi connectivity index (χ3n) is 2.55. The van der Waals surface area contributed by atoms with Crippen LogP contribution in [0.15, 0.2) is 36.7 Å². The molecule has 2 rings (SSSR count). The molecule has 0 bridgehead atoms. The van der Waals surface area contributed by atoms with E-state index in [0.29, 0.717) is 5.56 Å². The number of hydrogen-bond donors (Lipinski definition) is 1. The molecule has 0 spiro atoms. The Morgan fingerprint density at radius 1 is 1.20 bits per heavy atom. The van der Waals surface area contributed by atoms with Gasteiger partial charge in [-0.15, -0.1) is 0 Å². The quantitative estimate of drug-likeness (QED) is 0.936. The van der Waals surface area contributed by atoms with Crippen molar-refractivity contribution in [1.29, 1.82) is 0 Å². The van der Waals surface area contributed by atoms with Crippen LogP contribution in [0.1, 0.15) is 16.8 Å². The first-order valence-electron chi connectivity index (χ1n) is 5.79. The lowest BCUT2D eigenvalue weighted by Crippen LogP contribution is -2.12. The van der Waals surface area contributed by atoms with E-state index < -0.39 is 11.9 Å². The Kier molecular flexibility index (Phi) is 4.19. The highest BCUT2D eigenvalue weighted by Crippen LogP contribution is 2.30. The van der Waals surface area contributed by atoms with Gasteiger partial charge in [-0.3, -0.25) is 4.98 Å². The fourth-order valence-corrected chi connectivity index (χ4v) is 1.54. The number of aromatic nitrogens is 2. The standard InChI is InChI=1S/C13H12F3N3O/c14-13(15,16)11-4-3-10(6-17)12(19-11)20-8-9-2-1-5-18-7-9/h1-5,7H,6,8,17H2. The summed E-state index contributed by atoms with van der Waals surface area (Å²) >= 11 is 0. The molecular weight excluding hydrogens is 271 g/mol. The molecule has 0 aliphatic heterocycles. The maximum absolute atomic E-state index is 12.6. The number of nitrogens with zero attached hydrogens (tertiary/aromatic N) is 2. The summed E-state index contributed by atoms with van der Waals surface area (Å²) in [5, 5.41) is 0. The van der Waals surface area contributed by atoms with Crippen molar-refractivity contribution >= 4 is 0 Å². The van der Waals surface area contributed by atoms with Crippen LogP contribution in [0, 0.1) is 0 Å². The molecule has 106 valence electrons. The first-order valence-corrected chi connectivity index (χ1v) is 5.79. The number of pyridine rings is 2. The molecule has 2 aromatic heterocycles. The van der Waals surface area contributed by atoms with Crippen molar-refractivity contribution in [3.05, 3.63) is 53.5 Å². The molecule has 4 nitrogen and oxygen atoms in total. The molecule has 0 aromatic carbocycles. The number of nitrogens with two attached hydrogens (primary N) is 1. The molecule has 2 heterocycles. The lowest BCUT2D eigenvalue weighted by atomic mass is 10.2. The van der Waals surface area contributed by atoms with Crippen molar-refractivity contribution in [2.75, 3.05) is 0 Å². The molecule has 0 aliphatic carbocycles. The van der Waals surface area contributed by atoms with Crippen molar-refractivity contribution in [1.82, 2.24) is 9.97 Å². The maximum atomic E-state index is 12.6. The summed E-state index contributed by atoms with van der Waals surface area (Å²) in [6, 6.07) is 5.62. The summed E-state index contributed by atoms with van der Waals surface area (Å²) in [4.78, 5) is 7.37. The van der Waals surface area contributed by atoms with Crippen LogP contribution in [0.3, 0.4) is 0 Å². The van der Waals surface area contributed by atoms with Gasteiger partial charge in [-0.05, 0) is 12.1 Å². The second-order valence-corrected chi connectivity index (χ2v) is 4.01. The molecule has 0 atom stereocenters. The van der Waals surface area contributed by atoms with Crippen LogP contribution in [0.2, 0.25) is 0 Å². The number of alkyl halides is 3. The molecule has 2 N–H and O–H groups in total. The largest absolute Gasteiger partial charge is 0.472 e. The van der Waals surface area contributed by atoms with Gasteiger partial charge in [0.05, 0.1) is 0 Å². The molecule has 20 heavy (non-hydrogen) atoms. The van der Waals surface area contributed by atoms with Gasteiger partial charge in [0.2, 0.25) is 5.88 Å². The molecule has 0 unspecified atom stereocenters. The van der Waals surface area contributed by atoms with Crippen LogP contribution in [0.4, 0.5) is 13.2 Å². The van der Waals surface area contributed by atoms with Crippen LogP contribution >= 0.6 is 0 Å². The SMILES string of the molecule is NCc1ccc(C(F)(F)F)nc1OCc1cccnc1. The van der Waals surface area contributed by atoms with Gasteiger partial charge in [-0.1, -0.05) is 12.1 Å². The topological polar surface area (TPSA) is 61.0 Å². The molecule has 7 heteroatoms. The monoisotopic (exact) mass is 283 g/mol. The van der Waals surface area contributed by atoms with E-state index in [9.17, 15) is 13.2 Å². The van der Waals surface area contributed by atoms with Gasteiger partial charge in [0.15, 0.2) is 0 Å². The van der Waals surface area contributed by atoms with Gasteiger partial charge < -0.3 is 10.5 Å². The number of hydrogen-bond acceptors (Lipinski definition) is 4. The predicted molar refractivity (Wildman–Crippen MR) is 65.7 cm³/mol. The van der Waals surface area contributed by atoms with E-state index >= 15 is 0 Å². The summed E-state index contributed by atoms with van der Waals surface area (Å²) < 4.78 is 43.1. The third kappa shape index (κ3) is 3.45. The lowest BCUT2D eigenvalue weighted by molar-refractivity contribution is -0.141. The van der Waals surface area contributed by atoms with E-state index in [-0.39, 0.29) is 19.0 Å². The molecule has 0 radical (unpaired) electrons. The third-order valence-corrected chi connectivity index (χ3v) is 2.55. The Labute approximate surface area is 113 Å². The van der Waals surface area contributed by atoms with Crippen LogP contribution < -0.4 is 10.5 Å². The maximum Gasteiger partial charge on any atom is 0.433 e. The van der Waals surface area contributed by atoms with Crippen molar-refractivity contribution in [3.63, 3.8) is 0 Å². The highest BCUT2D eigenvalue weighted by atomic mass is 19.4. The average molecular weight is 283 g/mol. The van der Waals surface area contributed by atoms with Crippen molar-refractivity contribution in [3.8, 4) is 5.88 Å². The van der Waals surface area contributed by atoms with Crippen LogP contribution in [0.5, 0.6) is 5.88 Å². The Bertz CT molecular complexity index is 573. The van der Waals surface area contributed by atoms with E-state index in [1.807, 2.05) is 0 Å². The van der Waals surface area contributed by atoms with E-state index in [4.69, 9.17) is 10.5 Å². The first kappa shape index (κ1) is 14.3. The lowest BCUT2D eigenvalue weighted by Gasteiger charge is -2.12. The van der Waals surface area contributed by atoms with Crippen LogP contribution in [-0.4, -0.2) is 9.97 Å². The average Bonchev–Trinajstić information content (AvgIpc) is 2.45. The van der Waals surface area contributed by atoms with Crippen LogP contribution in [-0.2, 0) is 19.3 Å². The highest BCUT2D eigenvalue weighted by molar-refractivity contribution is 5.29.